The summed E-state index contributed by atoms with van der Waals surface area (Å²) >= 11 is 0. The number of hydrogen-bond acceptors (Lipinski definition) is 10. The van der Waals surface area contributed by atoms with Crippen LogP contribution in [0.3, 0.4) is 0 Å². The molecule has 0 N–H and O–H groups in total. The molecule has 234 valence electrons. The predicted molar refractivity (Wildman–Crippen MR) is 157 cm³/mol. The van der Waals surface area contributed by atoms with Crippen LogP contribution in [-0.2, 0) is 35.1 Å². The molecule has 43 heavy (non-hydrogen) atoms. The average Bonchev–Trinajstić information content (AvgIpc) is 3.40. The molecule has 13 nitrogen and oxygen atoms in total. The van der Waals surface area contributed by atoms with Crippen LogP contribution in [0.4, 0.5) is 10.6 Å². The molecule has 2 atom stereocenters. The Balaban J connectivity index is 1.54. The van der Waals surface area contributed by atoms with Gasteiger partial charge >= 0.3 is 17.8 Å². The van der Waals surface area contributed by atoms with Crippen LogP contribution < -0.4 is 5.69 Å². The summed E-state index contributed by atoms with van der Waals surface area (Å²) in [6, 6.07) is 10.7. The van der Waals surface area contributed by atoms with Gasteiger partial charge < -0.3 is 23.8 Å². The van der Waals surface area contributed by atoms with Crippen molar-refractivity contribution in [2.24, 2.45) is 10.4 Å². The van der Waals surface area contributed by atoms with E-state index in [0.717, 1.165) is 10.5 Å². The lowest BCUT2D eigenvalue weighted by Gasteiger charge is -2.28. The Hall–Kier alpha value is -4.10. The second-order valence-electron chi connectivity index (χ2n) is 12.0. The number of amides is 2. The highest BCUT2D eigenvalue weighted by Gasteiger charge is 2.35. The smallest absolute Gasteiger partial charge is 0.417 e. The molecule has 0 radical (unpaired) electrons. The first kappa shape index (κ1) is 33.4. The SMILES string of the molecule is CN(C)C=Nc1ccn([C@@H]2CO[C@H](COC(=O)C(C)(C)CCC(=O)N(Cc3ccccc3)C(=O)OC(C)(C)C)O2)c(=O)n1. The Morgan fingerprint density at radius 3 is 2.44 bits per heavy atom. The van der Waals surface area contributed by atoms with Gasteiger partial charge in [-0.2, -0.15) is 4.98 Å². The maximum atomic E-state index is 13.2. The first-order valence-electron chi connectivity index (χ1n) is 14.0. The lowest BCUT2D eigenvalue weighted by molar-refractivity contribution is -0.169. The van der Waals surface area contributed by atoms with Gasteiger partial charge in [0, 0.05) is 26.7 Å². The van der Waals surface area contributed by atoms with E-state index in [1.54, 1.807) is 59.7 Å². The van der Waals surface area contributed by atoms with Crippen LogP contribution in [0.1, 0.15) is 59.3 Å². The summed E-state index contributed by atoms with van der Waals surface area (Å²) in [5.41, 5.74) is -1.63. The highest BCUT2D eigenvalue weighted by molar-refractivity contribution is 5.92. The Morgan fingerprint density at radius 2 is 1.81 bits per heavy atom. The minimum Gasteiger partial charge on any atom is -0.460 e. The third-order valence-electron chi connectivity index (χ3n) is 6.25. The molecule has 0 saturated carbocycles. The lowest BCUT2D eigenvalue weighted by Crippen LogP contribution is -2.41. The fourth-order valence-electron chi connectivity index (χ4n) is 3.88. The Bertz CT molecular complexity index is 1350. The maximum Gasteiger partial charge on any atom is 0.417 e. The van der Waals surface area contributed by atoms with Crippen molar-refractivity contribution in [3.8, 4) is 0 Å². The summed E-state index contributed by atoms with van der Waals surface area (Å²) in [6.45, 7) is 8.38. The van der Waals surface area contributed by atoms with Gasteiger partial charge in [-0.15, -0.1) is 0 Å². The lowest BCUT2D eigenvalue weighted by atomic mass is 9.87. The number of hydrogen-bond donors (Lipinski definition) is 0. The summed E-state index contributed by atoms with van der Waals surface area (Å²) in [5.74, 6) is -0.777. The molecule has 1 aliphatic rings. The zero-order chi connectivity index (χ0) is 31.8. The number of nitrogens with zero attached hydrogens (tertiary/aromatic N) is 5. The first-order valence-corrected chi connectivity index (χ1v) is 14.0. The Kier molecular flexibility index (Phi) is 11.2. The fourth-order valence-corrected chi connectivity index (χ4v) is 3.88. The van der Waals surface area contributed by atoms with Crippen LogP contribution in [-0.4, -0.2) is 82.9 Å². The Labute approximate surface area is 251 Å². The van der Waals surface area contributed by atoms with Gasteiger partial charge in [0.1, 0.15) is 12.2 Å². The van der Waals surface area contributed by atoms with E-state index in [4.69, 9.17) is 18.9 Å². The van der Waals surface area contributed by atoms with Gasteiger partial charge in [0.15, 0.2) is 18.3 Å². The average molecular weight is 600 g/mol. The van der Waals surface area contributed by atoms with Gasteiger partial charge in [0.05, 0.1) is 24.9 Å². The summed E-state index contributed by atoms with van der Waals surface area (Å²) in [7, 11) is 3.60. The van der Waals surface area contributed by atoms with Crippen molar-refractivity contribution in [3.63, 3.8) is 0 Å². The number of imide groups is 1. The number of carbonyl (C=O) groups is 3. The zero-order valence-corrected chi connectivity index (χ0v) is 25.8. The van der Waals surface area contributed by atoms with E-state index in [1.165, 1.54) is 17.1 Å². The molecule has 2 aromatic rings. The van der Waals surface area contributed by atoms with Gasteiger partial charge in [-0.05, 0) is 52.7 Å². The van der Waals surface area contributed by atoms with Crippen molar-refractivity contribution < 1.29 is 33.3 Å². The monoisotopic (exact) mass is 599 g/mol. The molecule has 0 unspecified atom stereocenters. The van der Waals surface area contributed by atoms with E-state index in [2.05, 4.69) is 9.98 Å². The molecule has 1 aromatic carbocycles. The van der Waals surface area contributed by atoms with Crippen molar-refractivity contribution in [1.82, 2.24) is 19.4 Å². The summed E-state index contributed by atoms with van der Waals surface area (Å²) < 4.78 is 23.5. The molecule has 3 rings (SSSR count). The topological polar surface area (TPSA) is 142 Å². The molecule has 2 amide bonds. The maximum absolute atomic E-state index is 13.2. The van der Waals surface area contributed by atoms with Crippen LogP contribution in [0, 0.1) is 5.41 Å². The molecule has 0 bridgehead atoms. The van der Waals surface area contributed by atoms with Gasteiger partial charge in [-0.3, -0.25) is 14.2 Å². The molecule has 1 saturated heterocycles. The van der Waals surface area contributed by atoms with Crippen LogP contribution in [0.25, 0.3) is 0 Å². The van der Waals surface area contributed by atoms with E-state index < -0.39 is 47.2 Å². The van der Waals surface area contributed by atoms with Crippen molar-refractivity contribution in [3.05, 3.63) is 58.6 Å². The summed E-state index contributed by atoms with van der Waals surface area (Å²) in [4.78, 5) is 62.2. The van der Waals surface area contributed by atoms with E-state index in [9.17, 15) is 19.2 Å². The van der Waals surface area contributed by atoms with E-state index in [0.29, 0.717) is 0 Å². The largest absolute Gasteiger partial charge is 0.460 e. The number of rotatable bonds is 11. The van der Waals surface area contributed by atoms with Gasteiger partial charge in [0.2, 0.25) is 5.91 Å². The zero-order valence-electron chi connectivity index (χ0n) is 25.8. The molecule has 2 heterocycles. The number of carbonyl (C=O) groups excluding carboxylic acids is 3. The predicted octanol–water partition coefficient (Wildman–Crippen LogP) is 3.65. The molecule has 1 fully saturated rings. The second kappa shape index (κ2) is 14.4. The van der Waals surface area contributed by atoms with Crippen LogP contribution in [0.2, 0.25) is 0 Å². The number of benzene rings is 1. The quantitative estimate of drug-likeness (QED) is 0.213. The normalized spacial score (nSPS) is 17.1. The summed E-state index contributed by atoms with van der Waals surface area (Å²) in [5, 5.41) is 0. The molecule has 0 spiro atoms. The van der Waals surface area contributed by atoms with E-state index in [-0.39, 0.29) is 38.4 Å². The van der Waals surface area contributed by atoms with Crippen molar-refractivity contribution in [2.75, 3.05) is 27.3 Å². The summed E-state index contributed by atoms with van der Waals surface area (Å²) in [6.07, 6.45) is 0.693. The number of aliphatic imine (C=N–C) groups is 1. The van der Waals surface area contributed by atoms with Crippen LogP contribution >= 0.6 is 0 Å². The molecule has 1 aromatic heterocycles. The molecular weight excluding hydrogens is 558 g/mol. The van der Waals surface area contributed by atoms with Gasteiger partial charge in [0.25, 0.3) is 0 Å². The van der Waals surface area contributed by atoms with E-state index >= 15 is 0 Å². The van der Waals surface area contributed by atoms with Crippen molar-refractivity contribution in [2.45, 2.75) is 72.1 Å². The highest BCUT2D eigenvalue weighted by Crippen LogP contribution is 2.27. The second-order valence-corrected chi connectivity index (χ2v) is 12.0. The fraction of sp³-hybridized carbons (Fsp3) is 0.533. The molecule has 0 aliphatic carbocycles. The van der Waals surface area contributed by atoms with E-state index in [1.807, 2.05) is 30.3 Å². The van der Waals surface area contributed by atoms with Gasteiger partial charge in [-0.25, -0.2) is 19.5 Å². The van der Waals surface area contributed by atoms with Gasteiger partial charge in [-0.1, -0.05) is 30.3 Å². The Morgan fingerprint density at radius 1 is 1.12 bits per heavy atom. The highest BCUT2D eigenvalue weighted by atomic mass is 16.7. The van der Waals surface area contributed by atoms with Crippen molar-refractivity contribution in [1.29, 1.82) is 0 Å². The minimum atomic E-state index is -1.05. The van der Waals surface area contributed by atoms with Crippen LogP contribution in [0.15, 0.2) is 52.4 Å². The molecule has 13 heteroatoms. The molecular formula is C30H41N5O8. The molecule has 1 aliphatic heterocycles. The number of aromatic nitrogens is 2. The first-order chi connectivity index (χ1) is 20.1. The van der Waals surface area contributed by atoms with Crippen LogP contribution in [0.5, 0.6) is 0 Å². The third kappa shape index (κ3) is 10.3. The minimum absolute atomic E-state index is 0.0433. The number of esters is 1. The number of ether oxygens (including phenoxy) is 4. The standard InChI is InChI=1S/C30H41N5O8/c1-29(2,3)43-28(39)35(17-21-11-9-8-10-12-21)23(36)13-15-30(4,5)26(37)41-19-25-40-18-24(42-25)34-16-14-22(32-27(34)38)31-20-33(6)7/h8-12,14,16,20,24-25H,13,15,17-19H2,1-7H3/t24-,25-/m0/s1. The van der Waals surface area contributed by atoms with Crippen molar-refractivity contribution >= 4 is 30.1 Å². The third-order valence-corrected chi connectivity index (χ3v) is 6.25.